The molecule has 0 saturated carbocycles. The molecule has 0 radical (unpaired) electrons. The molecular formula is C15H26N2O. The highest BCUT2D eigenvalue weighted by molar-refractivity contribution is 5.30. The number of hydrogen-bond acceptors (Lipinski definition) is 3. The molecule has 1 aromatic rings. The van der Waals surface area contributed by atoms with Crippen LogP contribution in [0, 0.1) is 0 Å². The third-order valence-electron chi connectivity index (χ3n) is 3.67. The summed E-state index contributed by atoms with van der Waals surface area (Å²) < 4.78 is 5.48. The Balaban J connectivity index is 2.95. The smallest absolute Gasteiger partial charge is 0.119 e. The average molecular weight is 250 g/mol. The van der Waals surface area contributed by atoms with Crippen molar-refractivity contribution in [3.63, 3.8) is 0 Å². The Labute approximate surface area is 111 Å². The molecule has 18 heavy (non-hydrogen) atoms. The van der Waals surface area contributed by atoms with E-state index in [0.29, 0.717) is 6.61 Å². The van der Waals surface area contributed by atoms with Crippen LogP contribution in [0.25, 0.3) is 0 Å². The van der Waals surface area contributed by atoms with Crippen molar-refractivity contribution in [3.8, 4) is 5.75 Å². The minimum atomic E-state index is 0.0435. The van der Waals surface area contributed by atoms with E-state index >= 15 is 0 Å². The highest BCUT2D eigenvalue weighted by Crippen LogP contribution is 2.30. The Hall–Kier alpha value is -1.06. The van der Waals surface area contributed by atoms with Crippen LogP contribution in [0.15, 0.2) is 24.3 Å². The number of benzene rings is 1. The first kappa shape index (κ1) is 15.0. The number of nitrogens with zero attached hydrogens (tertiary/aromatic N) is 1. The molecule has 1 unspecified atom stereocenters. The van der Waals surface area contributed by atoms with Crippen molar-refractivity contribution in [3.05, 3.63) is 29.8 Å². The Morgan fingerprint density at radius 2 is 1.78 bits per heavy atom. The zero-order valence-corrected chi connectivity index (χ0v) is 12.4. The molecule has 0 bridgehead atoms. The standard InChI is InChI=1S/C15H26N2O/c1-7-18-13-10-8-12(9-11-13)14(16-4)15(2,3)17(5)6/h8-11,14,16H,7H2,1-6H3. The lowest BCUT2D eigenvalue weighted by Crippen LogP contribution is -2.48. The van der Waals surface area contributed by atoms with E-state index in [1.54, 1.807) is 0 Å². The quantitative estimate of drug-likeness (QED) is 0.840. The van der Waals surface area contributed by atoms with E-state index in [-0.39, 0.29) is 11.6 Å². The molecule has 1 aromatic carbocycles. The normalized spacial score (nSPS) is 13.7. The van der Waals surface area contributed by atoms with Crippen LogP contribution in [0.1, 0.15) is 32.4 Å². The van der Waals surface area contributed by atoms with Crippen LogP contribution in [-0.4, -0.2) is 38.2 Å². The topological polar surface area (TPSA) is 24.5 Å². The Bertz CT molecular complexity index is 357. The molecule has 102 valence electrons. The van der Waals surface area contributed by atoms with Crippen LogP contribution < -0.4 is 10.1 Å². The summed E-state index contributed by atoms with van der Waals surface area (Å²) in [4.78, 5) is 2.24. The Kier molecular flexibility index (Phi) is 5.17. The van der Waals surface area contributed by atoms with E-state index in [4.69, 9.17) is 4.74 Å². The Morgan fingerprint density at radius 3 is 2.17 bits per heavy atom. The molecule has 0 heterocycles. The highest BCUT2D eigenvalue weighted by Gasteiger charge is 2.31. The fourth-order valence-corrected chi connectivity index (χ4v) is 2.11. The SMILES string of the molecule is CCOc1ccc(C(NC)C(C)(C)N(C)C)cc1. The van der Waals surface area contributed by atoms with Gasteiger partial charge in [0.1, 0.15) is 5.75 Å². The van der Waals surface area contributed by atoms with Gasteiger partial charge in [0, 0.05) is 11.6 Å². The largest absolute Gasteiger partial charge is 0.494 e. The van der Waals surface area contributed by atoms with Gasteiger partial charge in [-0.15, -0.1) is 0 Å². The van der Waals surface area contributed by atoms with Gasteiger partial charge in [0.25, 0.3) is 0 Å². The number of nitrogens with one attached hydrogen (secondary N) is 1. The monoisotopic (exact) mass is 250 g/mol. The number of hydrogen-bond donors (Lipinski definition) is 1. The van der Waals surface area contributed by atoms with Crippen molar-refractivity contribution in [2.75, 3.05) is 27.7 Å². The fraction of sp³-hybridized carbons (Fsp3) is 0.600. The van der Waals surface area contributed by atoms with Gasteiger partial charge in [0.15, 0.2) is 0 Å². The van der Waals surface area contributed by atoms with Crippen LogP contribution in [0.2, 0.25) is 0 Å². The summed E-state index contributed by atoms with van der Waals surface area (Å²) in [6.45, 7) is 7.19. The fourth-order valence-electron chi connectivity index (χ4n) is 2.11. The summed E-state index contributed by atoms with van der Waals surface area (Å²) in [6, 6.07) is 8.63. The molecule has 0 aliphatic carbocycles. The highest BCUT2D eigenvalue weighted by atomic mass is 16.5. The first-order valence-corrected chi connectivity index (χ1v) is 6.51. The number of likely N-dealkylation sites (N-methyl/N-ethyl adjacent to an activating group) is 2. The minimum absolute atomic E-state index is 0.0435. The van der Waals surface area contributed by atoms with E-state index in [1.807, 2.05) is 26.1 Å². The van der Waals surface area contributed by atoms with Gasteiger partial charge in [-0.3, -0.25) is 0 Å². The van der Waals surface area contributed by atoms with Gasteiger partial charge >= 0.3 is 0 Å². The van der Waals surface area contributed by atoms with Gasteiger partial charge in [-0.2, -0.15) is 0 Å². The average Bonchev–Trinajstić information content (AvgIpc) is 2.32. The molecule has 0 saturated heterocycles. The van der Waals surface area contributed by atoms with Gasteiger partial charge in [-0.25, -0.2) is 0 Å². The van der Waals surface area contributed by atoms with Crippen molar-refractivity contribution in [2.45, 2.75) is 32.4 Å². The van der Waals surface area contributed by atoms with Gasteiger partial charge < -0.3 is 15.0 Å². The summed E-state index contributed by atoms with van der Waals surface area (Å²) in [5.41, 5.74) is 1.32. The van der Waals surface area contributed by atoms with Gasteiger partial charge in [0.2, 0.25) is 0 Å². The maximum absolute atomic E-state index is 5.48. The zero-order valence-electron chi connectivity index (χ0n) is 12.4. The van der Waals surface area contributed by atoms with Crippen molar-refractivity contribution < 1.29 is 4.74 Å². The molecule has 0 amide bonds. The second-order valence-corrected chi connectivity index (χ2v) is 5.27. The van der Waals surface area contributed by atoms with Gasteiger partial charge in [-0.05, 0) is 59.6 Å². The van der Waals surface area contributed by atoms with Gasteiger partial charge in [0.05, 0.1) is 6.61 Å². The van der Waals surface area contributed by atoms with E-state index in [0.717, 1.165) is 5.75 Å². The minimum Gasteiger partial charge on any atom is -0.494 e. The lowest BCUT2D eigenvalue weighted by atomic mass is 9.87. The Morgan fingerprint density at radius 1 is 1.22 bits per heavy atom. The summed E-state index contributed by atoms with van der Waals surface area (Å²) in [5.74, 6) is 0.929. The van der Waals surface area contributed by atoms with E-state index in [1.165, 1.54) is 5.56 Å². The molecule has 3 heteroatoms. The van der Waals surface area contributed by atoms with Gasteiger partial charge in [-0.1, -0.05) is 12.1 Å². The van der Waals surface area contributed by atoms with E-state index in [2.05, 4.69) is 50.3 Å². The molecule has 0 aliphatic heterocycles. The second-order valence-electron chi connectivity index (χ2n) is 5.27. The number of rotatable bonds is 6. The molecule has 3 nitrogen and oxygen atoms in total. The molecule has 0 aliphatic rings. The van der Waals surface area contributed by atoms with Crippen LogP contribution in [0.4, 0.5) is 0 Å². The van der Waals surface area contributed by atoms with Crippen molar-refractivity contribution in [2.24, 2.45) is 0 Å². The maximum Gasteiger partial charge on any atom is 0.119 e. The lowest BCUT2D eigenvalue weighted by molar-refractivity contribution is 0.142. The first-order valence-electron chi connectivity index (χ1n) is 6.51. The van der Waals surface area contributed by atoms with Crippen molar-refractivity contribution >= 4 is 0 Å². The summed E-state index contributed by atoms with van der Waals surface area (Å²) in [5, 5.41) is 3.41. The predicted molar refractivity (Wildman–Crippen MR) is 77.2 cm³/mol. The molecule has 1 N–H and O–H groups in total. The summed E-state index contributed by atoms with van der Waals surface area (Å²) in [7, 11) is 6.23. The summed E-state index contributed by atoms with van der Waals surface area (Å²) >= 11 is 0. The van der Waals surface area contributed by atoms with E-state index in [9.17, 15) is 0 Å². The lowest BCUT2D eigenvalue weighted by Gasteiger charge is -2.40. The molecule has 0 fully saturated rings. The summed E-state index contributed by atoms with van der Waals surface area (Å²) in [6.07, 6.45) is 0. The third kappa shape index (κ3) is 3.24. The molecular weight excluding hydrogens is 224 g/mol. The molecule has 0 aromatic heterocycles. The second kappa shape index (κ2) is 6.21. The molecule has 1 rings (SSSR count). The van der Waals surface area contributed by atoms with Crippen molar-refractivity contribution in [1.82, 2.24) is 10.2 Å². The zero-order chi connectivity index (χ0) is 13.8. The first-order chi connectivity index (χ1) is 8.43. The van der Waals surface area contributed by atoms with Crippen molar-refractivity contribution in [1.29, 1.82) is 0 Å². The predicted octanol–water partition coefficient (Wildman–Crippen LogP) is 2.69. The van der Waals surface area contributed by atoms with Crippen LogP contribution in [0.3, 0.4) is 0 Å². The van der Waals surface area contributed by atoms with Crippen LogP contribution >= 0.6 is 0 Å². The molecule has 1 atom stereocenters. The maximum atomic E-state index is 5.48. The third-order valence-corrected chi connectivity index (χ3v) is 3.67. The van der Waals surface area contributed by atoms with E-state index < -0.39 is 0 Å². The molecule has 0 spiro atoms. The van der Waals surface area contributed by atoms with Crippen LogP contribution in [0.5, 0.6) is 5.75 Å². The number of ether oxygens (including phenoxy) is 1. The van der Waals surface area contributed by atoms with Crippen LogP contribution in [-0.2, 0) is 0 Å².